The van der Waals surface area contributed by atoms with Gasteiger partial charge in [0.2, 0.25) is 5.91 Å². The van der Waals surface area contributed by atoms with Crippen LogP contribution in [0.2, 0.25) is 0 Å². The van der Waals surface area contributed by atoms with Crippen molar-refractivity contribution in [3.63, 3.8) is 0 Å². The van der Waals surface area contributed by atoms with E-state index < -0.39 is 5.97 Å². The largest absolute Gasteiger partial charge is 0.481 e. The molecule has 3 rings (SSSR count). The fraction of sp³-hybridized carbons (Fsp3) is 0.556. The molecular weight excluding hydrogens is 278 g/mol. The number of anilines is 1. The first-order valence-corrected chi connectivity index (χ1v) is 8.25. The van der Waals surface area contributed by atoms with Gasteiger partial charge in [-0.1, -0.05) is 50.3 Å². The molecule has 2 aliphatic carbocycles. The molecule has 0 bridgehead atoms. The number of hydrogen-bond acceptors (Lipinski definition) is 2. The number of carboxylic acids is 1. The minimum Gasteiger partial charge on any atom is -0.481 e. The maximum Gasteiger partial charge on any atom is 0.307 e. The summed E-state index contributed by atoms with van der Waals surface area (Å²) in [6, 6.07) is 7.17. The SMILES string of the molecule is O=C(O)Cc1ccccc1NC(=O)C1CC1C1CCCCC1. The normalized spacial score (nSPS) is 24.7. The van der Waals surface area contributed by atoms with Crippen molar-refractivity contribution in [2.45, 2.75) is 44.9 Å². The predicted octanol–water partition coefficient (Wildman–Crippen LogP) is 3.47. The number of carboxylic acid groups (broad SMARTS) is 1. The Hall–Kier alpha value is -1.84. The van der Waals surface area contributed by atoms with Gasteiger partial charge in [0.05, 0.1) is 6.42 Å². The third kappa shape index (κ3) is 3.49. The molecule has 2 N–H and O–H groups in total. The Kier molecular flexibility index (Phi) is 4.46. The summed E-state index contributed by atoms with van der Waals surface area (Å²) in [5.74, 6) is 0.577. The highest BCUT2D eigenvalue weighted by atomic mass is 16.4. The second-order valence-corrected chi connectivity index (χ2v) is 6.62. The highest BCUT2D eigenvalue weighted by Crippen LogP contribution is 2.49. The van der Waals surface area contributed by atoms with Crippen LogP contribution >= 0.6 is 0 Å². The van der Waals surface area contributed by atoms with E-state index in [2.05, 4.69) is 5.32 Å². The van der Waals surface area contributed by atoms with Gasteiger partial charge in [0.25, 0.3) is 0 Å². The molecule has 0 saturated heterocycles. The van der Waals surface area contributed by atoms with Crippen molar-refractivity contribution < 1.29 is 14.7 Å². The van der Waals surface area contributed by atoms with Crippen LogP contribution in [0.3, 0.4) is 0 Å². The number of hydrogen-bond donors (Lipinski definition) is 2. The van der Waals surface area contributed by atoms with Crippen molar-refractivity contribution >= 4 is 17.6 Å². The fourth-order valence-corrected chi connectivity index (χ4v) is 3.78. The smallest absolute Gasteiger partial charge is 0.307 e. The third-order valence-electron chi connectivity index (χ3n) is 5.05. The van der Waals surface area contributed by atoms with Crippen LogP contribution in [0.5, 0.6) is 0 Å². The molecule has 2 aliphatic rings. The molecule has 0 radical (unpaired) electrons. The van der Waals surface area contributed by atoms with E-state index in [9.17, 15) is 9.59 Å². The van der Waals surface area contributed by atoms with Crippen molar-refractivity contribution in [3.8, 4) is 0 Å². The number of amides is 1. The monoisotopic (exact) mass is 301 g/mol. The molecule has 22 heavy (non-hydrogen) atoms. The van der Waals surface area contributed by atoms with E-state index in [1.54, 1.807) is 18.2 Å². The molecule has 2 fully saturated rings. The van der Waals surface area contributed by atoms with Crippen molar-refractivity contribution in [1.29, 1.82) is 0 Å². The zero-order chi connectivity index (χ0) is 15.5. The van der Waals surface area contributed by atoms with Crippen LogP contribution in [0, 0.1) is 17.8 Å². The summed E-state index contributed by atoms with van der Waals surface area (Å²) in [7, 11) is 0. The first kappa shape index (κ1) is 15.1. The molecule has 0 spiro atoms. The molecule has 0 heterocycles. The molecule has 118 valence electrons. The number of nitrogens with one attached hydrogen (secondary N) is 1. The summed E-state index contributed by atoms with van der Waals surface area (Å²) in [5.41, 5.74) is 1.31. The third-order valence-corrected chi connectivity index (χ3v) is 5.05. The molecule has 1 aromatic rings. The number of para-hydroxylation sites is 1. The number of carbonyl (C=O) groups is 2. The Morgan fingerprint density at radius 3 is 2.59 bits per heavy atom. The van der Waals surface area contributed by atoms with Crippen LogP contribution in [0.15, 0.2) is 24.3 Å². The van der Waals surface area contributed by atoms with Gasteiger partial charge in [-0.05, 0) is 29.9 Å². The standard InChI is InChI=1S/C18H23NO3/c20-17(21)10-13-8-4-5-9-16(13)19-18(22)15-11-14(15)12-6-2-1-3-7-12/h4-5,8-9,12,14-15H,1-3,6-7,10-11H2,(H,19,22)(H,20,21). The van der Waals surface area contributed by atoms with Gasteiger partial charge in [-0.25, -0.2) is 0 Å². The summed E-state index contributed by atoms with van der Waals surface area (Å²) < 4.78 is 0. The lowest BCUT2D eigenvalue weighted by atomic mass is 9.85. The van der Waals surface area contributed by atoms with Crippen LogP contribution in [0.1, 0.15) is 44.1 Å². The lowest BCUT2D eigenvalue weighted by Gasteiger charge is -2.21. The summed E-state index contributed by atoms with van der Waals surface area (Å²) in [6.45, 7) is 0. The Morgan fingerprint density at radius 1 is 1.14 bits per heavy atom. The van der Waals surface area contributed by atoms with Gasteiger partial charge in [0, 0.05) is 11.6 Å². The predicted molar refractivity (Wildman–Crippen MR) is 84.6 cm³/mol. The van der Waals surface area contributed by atoms with E-state index in [1.165, 1.54) is 32.1 Å². The van der Waals surface area contributed by atoms with Crippen LogP contribution < -0.4 is 5.32 Å². The minimum atomic E-state index is -0.881. The molecule has 0 aromatic heterocycles. The molecule has 1 amide bonds. The van der Waals surface area contributed by atoms with Crippen molar-refractivity contribution in [2.75, 3.05) is 5.32 Å². The van der Waals surface area contributed by atoms with E-state index in [0.717, 1.165) is 12.3 Å². The van der Waals surface area contributed by atoms with Gasteiger partial charge in [-0.15, -0.1) is 0 Å². The first-order valence-electron chi connectivity index (χ1n) is 8.25. The van der Waals surface area contributed by atoms with Gasteiger partial charge in [0.1, 0.15) is 0 Å². The highest BCUT2D eigenvalue weighted by molar-refractivity contribution is 5.95. The van der Waals surface area contributed by atoms with Crippen LogP contribution in [0.4, 0.5) is 5.69 Å². The van der Waals surface area contributed by atoms with Crippen molar-refractivity contribution in [1.82, 2.24) is 0 Å². The van der Waals surface area contributed by atoms with Crippen molar-refractivity contribution in [3.05, 3.63) is 29.8 Å². The molecule has 2 saturated carbocycles. The first-order chi connectivity index (χ1) is 10.6. The molecule has 4 heteroatoms. The van der Waals surface area contributed by atoms with Gasteiger partial charge in [0.15, 0.2) is 0 Å². The molecular formula is C18H23NO3. The van der Waals surface area contributed by atoms with Gasteiger partial charge in [-0.3, -0.25) is 9.59 Å². The lowest BCUT2D eigenvalue weighted by Crippen LogP contribution is -2.19. The maximum absolute atomic E-state index is 12.4. The second kappa shape index (κ2) is 6.51. The van der Waals surface area contributed by atoms with E-state index >= 15 is 0 Å². The van der Waals surface area contributed by atoms with E-state index in [4.69, 9.17) is 5.11 Å². The van der Waals surface area contributed by atoms with Gasteiger partial charge < -0.3 is 10.4 Å². The summed E-state index contributed by atoms with van der Waals surface area (Å²) in [4.78, 5) is 23.3. The summed E-state index contributed by atoms with van der Waals surface area (Å²) in [6.07, 6.45) is 7.41. The van der Waals surface area contributed by atoms with Crippen LogP contribution in [-0.2, 0) is 16.0 Å². The molecule has 4 nitrogen and oxygen atoms in total. The highest BCUT2D eigenvalue weighted by Gasteiger charge is 2.47. The Labute approximate surface area is 130 Å². The van der Waals surface area contributed by atoms with Gasteiger partial charge in [-0.2, -0.15) is 0 Å². The lowest BCUT2D eigenvalue weighted by molar-refractivity contribution is -0.136. The maximum atomic E-state index is 12.4. The number of benzene rings is 1. The molecule has 1 aromatic carbocycles. The fourth-order valence-electron chi connectivity index (χ4n) is 3.78. The number of aliphatic carboxylic acids is 1. The summed E-state index contributed by atoms with van der Waals surface area (Å²) >= 11 is 0. The van der Waals surface area contributed by atoms with Crippen molar-refractivity contribution in [2.24, 2.45) is 17.8 Å². The Morgan fingerprint density at radius 2 is 1.86 bits per heavy atom. The second-order valence-electron chi connectivity index (χ2n) is 6.62. The van der Waals surface area contributed by atoms with E-state index in [0.29, 0.717) is 17.2 Å². The summed E-state index contributed by atoms with van der Waals surface area (Å²) in [5, 5.41) is 11.9. The van der Waals surface area contributed by atoms with Gasteiger partial charge >= 0.3 is 5.97 Å². The Balaban J connectivity index is 1.60. The Bertz CT molecular complexity index is 563. The van der Waals surface area contributed by atoms with E-state index in [1.807, 2.05) is 6.07 Å². The van der Waals surface area contributed by atoms with E-state index in [-0.39, 0.29) is 18.2 Å². The zero-order valence-corrected chi connectivity index (χ0v) is 12.8. The van der Waals surface area contributed by atoms with Crippen LogP contribution in [0.25, 0.3) is 0 Å². The zero-order valence-electron chi connectivity index (χ0n) is 12.8. The molecule has 2 atom stereocenters. The average Bonchev–Trinajstić information content (AvgIpc) is 3.30. The minimum absolute atomic E-state index is 0.0623. The topological polar surface area (TPSA) is 66.4 Å². The number of rotatable bonds is 5. The molecule has 0 aliphatic heterocycles. The molecule has 2 unspecified atom stereocenters. The average molecular weight is 301 g/mol. The quantitative estimate of drug-likeness (QED) is 0.875. The number of carbonyl (C=O) groups excluding carboxylic acids is 1. The van der Waals surface area contributed by atoms with Crippen LogP contribution in [-0.4, -0.2) is 17.0 Å².